The number of nitrogens with two attached hydrogens (primary N) is 1. The third-order valence-corrected chi connectivity index (χ3v) is 3.46. The van der Waals surface area contributed by atoms with Gasteiger partial charge in [0.1, 0.15) is 4.99 Å². The van der Waals surface area contributed by atoms with Crippen molar-refractivity contribution in [2.75, 3.05) is 0 Å². The van der Waals surface area contributed by atoms with E-state index < -0.39 is 0 Å². The van der Waals surface area contributed by atoms with Crippen LogP contribution >= 0.6 is 12.2 Å². The number of thiocarbonyl (C=S) groups is 1. The quantitative estimate of drug-likeness (QED) is 0.673. The number of carbonyl (C=O) groups is 2. The van der Waals surface area contributed by atoms with Crippen LogP contribution in [0.4, 0.5) is 0 Å². The Kier molecular flexibility index (Phi) is 3.95. The van der Waals surface area contributed by atoms with Gasteiger partial charge in [-0.3, -0.25) is 14.5 Å². The molecule has 0 spiro atoms. The first-order valence-corrected chi connectivity index (χ1v) is 6.60. The molecule has 4 nitrogen and oxygen atoms in total. The Bertz CT molecular complexity index is 507. The van der Waals surface area contributed by atoms with Gasteiger partial charge < -0.3 is 5.73 Å². The number of nitrogens with zero attached hydrogens (tertiary/aromatic N) is 1. The van der Waals surface area contributed by atoms with Crippen LogP contribution in [0.25, 0.3) is 0 Å². The highest BCUT2D eigenvalue weighted by atomic mass is 32.1. The lowest BCUT2D eigenvalue weighted by Gasteiger charge is -2.28. The first-order chi connectivity index (χ1) is 8.97. The minimum absolute atomic E-state index is 0.0952. The molecule has 0 saturated carbocycles. The fourth-order valence-corrected chi connectivity index (χ4v) is 2.30. The van der Waals surface area contributed by atoms with Crippen LogP contribution in [0.3, 0.4) is 0 Å². The summed E-state index contributed by atoms with van der Waals surface area (Å²) in [4.78, 5) is 25.4. The van der Waals surface area contributed by atoms with Crippen LogP contribution in [0.5, 0.6) is 0 Å². The molecule has 19 heavy (non-hydrogen) atoms. The Balaban J connectivity index is 2.10. The summed E-state index contributed by atoms with van der Waals surface area (Å²) in [5, 5.41) is 0. The van der Waals surface area contributed by atoms with Crippen molar-refractivity contribution in [1.82, 2.24) is 4.90 Å². The van der Waals surface area contributed by atoms with Crippen molar-refractivity contribution in [3.8, 4) is 0 Å². The molecular weight excluding hydrogens is 260 g/mol. The van der Waals surface area contributed by atoms with E-state index in [4.69, 9.17) is 18.0 Å². The third-order valence-electron chi connectivity index (χ3n) is 3.23. The molecule has 2 amide bonds. The van der Waals surface area contributed by atoms with Gasteiger partial charge >= 0.3 is 0 Å². The molecule has 2 rings (SSSR count). The number of piperidine rings is 1. The first-order valence-electron chi connectivity index (χ1n) is 6.19. The number of likely N-dealkylation sites (tertiary alicyclic amines) is 1. The first kappa shape index (κ1) is 13.7. The molecule has 0 unspecified atom stereocenters. The van der Waals surface area contributed by atoms with Crippen molar-refractivity contribution in [2.24, 2.45) is 11.7 Å². The van der Waals surface area contributed by atoms with E-state index in [1.807, 2.05) is 19.1 Å². The molecule has 0 atom stereocenters. The molecule has 1 aliphatic rings. The Labute approximate surface area is 117 Å². The summed E-state index contributed by atoms with van der Waals surface area (Å²) < 4.78 is 0. The zero-order valence-electron chi connectivity index (χ0n) is 10.8. The van der Waals surface area contributed by atoms with Crippen LogP contribution in [0.15, 0.2) is 24.3 Å². The molecule has 1 aliphatic heterocycles. The summed E-state index contributed by atoms with van der Waals surface area (Å²) >= 11 is 4.88. The molecule has 1 aromatic carbocycles. The second-order valence-corrected chi connectivity index (χ2v) is 5.39. The van der Waals surface area contributed by atoms with Crippen molar-refractivity contribution >= 4 is 29.0 Å². The van der Waals surface area contributed by atoms with E-state index in [1.54, 1.807) is 12.1 Å². The molecular formula is C14H16N2O2S. The van der Waals surface area contributed by atoms with Crippen LogP contribution in [0, 0.1) is 5.92 Å². The normalized spacial score (nSPS) is 16.8. The van der Waals surface area contributed by atoms with Crippen molar-refractivity contribution in [3.63, 3.8) is 0 Å². The Morgan fingerprint density at radius 2 is 1.79 bits per heavy atom. The molecule has 1 saturated heterocycles. The minimum atomic E-state index is -0.0952. The summed E-state index contributed by atoms with van der Waals surface area (Å²) in [6, 6.07) is 7.29. The summed E-state index contributed by atoms with van der Waals surface area (Å²) in [7, 11) is 0. The highest BCUT2D eigenvalue weighted by Gasteiger charge is 2.29. The number of amides is 2. The van der Waals surface area contributed by atoms with Crippen molar-refractivity contribution in [3.05, 3.63) is 35.4 Å². The zero-order chi connectivity index (χ0) is 14.0. The lowest BCUT2D eigenvalue weighted by atomic mass is 9.97. The van der Waals surface area contributed by atoms with Gasteiger partial charge in [-0.2, -0.15) is 0 Å². The van der Waals surface area contributed by atoms with E-state index in [9.17, 15) is 9.59 Å². The molecule has 0 aromatic heterocycles. The maximum atomic E-state index is 11.9. The highest BCUT2D eigenvalue weighted by Crippen LogP contribution is 2.20. The van der Waals surface area contributed by atoms with Crippen LogP contribution in [0.1, 0.15) is 30.9 Å². The monoisotopic (exact) mass is 276 g/mol. The van der Waals surface area contributed by atoms with Gasteiger partial charge in [0, 0.05) is 18.4 Å². The van der Waals surface area contributed by atoms with Crippen molar-refractivity contribution in [1.29, 1.82) is 0 Å². The maximum absolute atomic E-state index is 11.9. The van der Waals surface area contributed by atoms with E-state index in [1.165, 1.54) is 4.90 Å². The van der Waals surface area contributed by atoms with E-state index in [0.29, 0.717) is 24.4 Å². The number of carbonyl (C=O) groups excluding carboxylic acids is 2. The maximum Gasteiger partial charge on any atom is 0.229 e. The van der Waals surface area contributed by atoms with Gasteiger partial charge in [-0.25, -0.2) is 0 Å². The van der Waals surface area contributed by atoms with Gasteiger partial charge in [-0.1, -0.05) is 43.4 Å². The average Bonchev–Trinajstić information content (AvgIpc) is 2.34. The Morgan fingerprint density at radius 1 is 1.26 bits per heavy atom. The predicted molar refractivity (Wildman–Crippen MR) is 76.3 cm³/mol. The van der Waals surface area contributed by atoms with Crippen molar-refractivity contribution in [2.45, 2.75) is 26.3 Å². The highest BCUT2D eigenvalue weighted by molar-refractivity contribution is 7.80. The number of hydrogen-bond acceptors (Lipinski definition) is 3. The second-order valence-electron chi connectivity index (χ2n) is 4.95. The van der Waals surface area contributed by atoms with E-state index in [0.717, 1.165) is 11.1 Å². The molecule has 0 radical (unpaired) electrons. The topological polar surface area (TPSA) is 63.4 Å². The lowest BCUT2D eigenvalue weighted by molar-refractivity contribution is -0.150. The summed E-state index contributed by atoms with van der Waals surface area (Å²) in [6.45, 7) is 2.24. The molecule has 5 heteroatoms. The molecule has 0 aliphatic carbocycles. The molecule has 1 aromatic rings. The Hall–Kier alpha value is -1.75. The second kappa shape index (κ2) is 5.48. The van der Waals surface area contributed by atoms with Crippen LogP contribution in [-0.2, 0) is 16.1 Å². The van der Waals surface area contributed by atoms with Gasteiger partial charge in [-0.15, -0.1) is 0 Å². The zero-order valence-corrected chi connectivity index (χ0v) is 11.6. The van der Waals surface area contributed by atoms with Crippen molar-refractivity contribution < 1.29 is 9.59 Å². The van der Waals surface area contributed by atoms with Gasteiger partial charge in [-0.05, 0) is 11.5 Å². The van der Waals surface area contributed by atoms with E-state index in [2.05, 4.69) is 0 Å². The molecule has 2 N–H and O–H groups in total. The predicted octanol–water partition coefficient (Wildman–Crippen LogP) is 1.61. The number of hydrogen-bond donors (Lipinski definition) is 1. The number of benzene rings is 1. The smallest absolute Gasteiger partial charge is 0.229 e. The summed E-state index contributed by atoms with van der Waals surface area (Å²) in [5.41, 5.74) is 7.20. The van der Waals surface area contributed by atoms with Crippen LogP contribution < -0.4 is 5.73 Å². The summed E-state index contributed by atoms with van der Waals surface area (Å²) in [5.74, 6) is -0.0439. The summed E-state index contributed by atoms with van der Waals surface area (Å²) in [6.07, 6.45) is 0.882. The van der Waals surface area contributed by atoms with Gasteiger partial charge in [0.25, 0.3) is 0 Å². The fraction of sp³-hybridized carbons (Fsp3) is 0.357. The SMILES string of the molecule is CC1CC(=O)N(Cc2ccc(C(N)=S)cc2)C(=O)C1. The van der Waals surface area contributed by atoms with Gasteiger partial charge in [0.15, 0.2) is 0 Å². The molecule has 100 valence electrons. The third kappa shape index (κ3) is 3.17. The number of rotatable bonds is 3. The van der Waals surface area contributed by atoms with Gasteiger partial charge in [0.2, 0.25) is 11.8 Å². The molecule has 0 bridgehead atoms. The van der Waals surface area contributed by atoms with E-state index in [-0.39, 0.29) is 17.7 Å². The van der Waals surface area contributed by atoms with Crippen LogP contribution in [0.2, 0.25) is 0 Å². The number of imide groups is 1. The Morgan fingerprint density at radius 3 is 2.26 bits per heavy atom. The lowest BCUT2D eigenvalue weighted by Crippen LogP contribution is -2.42. The fourth-order valence-electron chi connectivity index (χ4n) is 2.16. The molecule has 1 heterocycles. The average molecular weight is 276 g/mol. The largest absolute Gasteiger partial charge is 0.389 e. The van der Waals surface area contributed by atoms with Crippen LogP contribution in [-0.4, -0.2) is 21.7 Å². The van der Waals surface area contributed by atoms with E-state index >= 15 is 0 Å². The van der Waals surface area contributed by atoms with Gasteiger partial charge in [0.05, 0.1) is 6.54 Å². The minimum Gasteiger partial charge on any atom is -0.389 e. The standard InChI is InChI=1S/C14H16N2O2S/c1-9-6-12(17)16(13(18)7-9)8-10-2-4-11(5-3-10)14(15)19/h2-5,9H,6-8H2,1H3,(H2,15,19). The molecule has 1 fully saturated rings.